The number of likely N-dealkylation sites (tertiary alicyclic amines) is 2. The number of rotatable bonds is 2. The molecule has 2 saturated heterocycles. The van der Waals surface area contributed by atoms with Gasteiger partial charge in [0.15, 0.2) is 0 Å². The summed E-state index contributed by atoms with van der Waals surface area (Å²) in [7, 11) is 1.79. The Hall–Kier alpha value is -1.98. The van der Waals surface area contributed by atoms with Gasteiger partial charge >= 0.3 is 6.03 Å². The van der Waals surface area contributed by atoms with E-state index in [1.165, 1.54) is 0 Å². The van der Waals surface area contributed by atoms with Crippen LogP contribution in [0, 0.1) is 12.8 Å². The lowest BCUT2D eigenvalue weighted by molar-refractivity contribution is -0.132. The van der Waals surface area contributed by atoms with E-state index in [1.54, 1.807) is 11.9 Å². The molecule has 0 aromatic carbocycles. The molecule has 2 fully saturated rings. The van der Waals surface area contributed by atoms with Gasteiger partial charge < -0.3 is 19.5 Å². The number of furan rings is 1. The van der Waals surface area contributed by atoms with E-state index in [1.807, 2.05) is 24.0 Å². The van der Waals surface area contributed by atoms with Crippen LogP contribution in [-0.2, 0) is 4.79 Å². The number of likely N-dealkylation sites (N-methyl/N-ethyl adjacent to an activating group) is 1. The highest BCUT2D eigenvalue weighted by Gasteiger charge is 2.34. The molecule has 0 saturated carbocycles. The lowest BCUT2D eigenvalue weighted by Gasteiger charge is -2.39. The molecule has 6 heteroatoms. The SMILES string of the molecule is Cc1ccc([C@@H]2C[C@@H](C)CCN2C(=O)N[C@H]2CCC(=O)N(C)C2)o1. The molecule has 6 nitrogen and oxygen atoms in total. The number of nitrogens with one attached hydrogen (secondary N) is 1. The Morgan fingerprint density at radius 3 is 2.79 bits per heavy atom. The third-order valence-corrected chi connectivity index (χ3v) is 5.17. The summed E-state index contributed by atoms with van der Waals surface area (Å²) in [4.78, 5) is 28.0. The number of aryl methyl sites for hydroxylation is 1. The number of carbonyl (C=O) groups is 2. The number of piperidine rings is 2. The average molecular weight is 333 g/mol. The molecule has 0 bridgehead atoms. The van der Waals surface area contributed by atoms with Gasteiger partial charge in [0.25, 0.3) is 0 Å². The second kappa shape index (κ2) is 6.87. The second-order valence-corrected chi connectivity index (χ2v) is 7.25. The summed E-state index contributed by atoms with van der Waals surface area (Å²) < 4.78 is 5.80. The zero-order chi connectivity index (χ0) is 17.3. The number of hydrogen-bond acceptors (Lipinski definition) is 3. The minimum atomic E-state index is -0.0475. The minimum Gasteiger partial charge on any atom is -0.464 e. The van der Waals surface area contributed by atoms with Crippen molar-refractivity contribution in [2.75, 3.05) is 20.1 Å². The van der Waals surface area contributed by atoms with Crippen molar-refractivity contribution in [3.05, 3.63) is 23.7 Å². The average Bonchev–Trinajstić information content (AvgIpc) is 2.97. The third-order valence-electron chi connectivity index (χ3n) is 5.17. The van der Waals surface area contributed by atoms with Crippen LogP contribution in [0.5, 0.6) is 0 Å². The maximum Gasteiger partial charge on any atom is 0.318 e. The number of carbonyl (C=O) groups excluding carboxylic acids is 2. The summed E-state index contributed by atoms with van der Waals surface area (Å²) in [6.07, 6.45) is 3.14. The van der Waals surface area contributed by atoms with Crippen LogP contribution in [-0.4, -0.2) is 47.9 Å². The quantitative estimate of drug-likeness (QED) is 0.905. The third kappa shape index (κ3) is 3.57. The molecule has 2 aliphatic heterocycles. The van der Waals surface area contributed by atoms with E-state index in [4.69, 9.17) is 4.42 Å². The summed E-state index contributed by atoms with van der Waals surface area (Å²) in [5.74, 6) is 2.46. The molecule has 3 amide bonds. The topological polar surface area (TPSA) is 65.8 Å². The van der Waals surface area contributed by atoms with E-state index in [9.17, 15) is 9.59 Å². The van der Waals surface area contributed by atoms with Crippen molar-refractivity contribution < 1.29 is 14.0 Å². The van der Waals surface area contributed by atoms with Crippen molar-refractivity contribution in [1.29, 1.82) is 0 Å². The first-order valence-corrected chi connectivity index (χ1v) is 8.81. The van der Waals surface area contributed by atoms with Crippen molar-refractivity contribution in [2.45, 2.75) is 51.6 Å². The van der Waals surface area contributed by atoms with Crippen LogP contribution < -0.4 is 5.32 Å². The van der Waals surface area contributed by atoms with Gasteiger partial charge in [0.1, 0.15) is 11.5 Å². The summed E-state index contributed by atoms with van der Waals surface area (Å²) in [6.45, 7) is 5.47. The Morgan fingerprint density at radius 2 is 2.12 bits per heavy atom. The van der Waals surface area contributed by atoms with E-state index in [0.717, 1.165) is 30.9 Å². The molecular formula is C18H27N3O3. The summed E-state index contributed by atoms with van der Waals surface area (Å²) >= 11 is 0. The van der Waals surface area contributed by atoms with Crippen LogP contribution in [0.4, 0.5) is 4.79 Å². The van der Waals surface area contributed by atoms with Crippen molar-refractivity contribution in [1.82, 2.24) is 15.1 Å². The molecule has 3 atom stereocenters. The fourth-order valence-corrected chi connectivity index (χ4v) is 3.67. The molecule has 0 radical (unpaired) electrons. The first-order valence-electron chi connectivity index (χ1n) is 8.81. The number of urea groups is 1. The van der Waals surface area contributed by atoms with Crippen molar-refractivity contribution in [3.8, 4) is 0 Å². The van der Waals surface area contributed by atoms with Gasteiger partial charge in [-0.2, -0.15) is 0 Å². The van der Waals surface area contributed by atoms with Gasteiger partial charge in [-0.25, -0.2) is 4.79 Å². The molecule has 24 heavy (non-hydrogen) atoms. The molecule has 2 aliphatic rings. The standard InChI is InChI=1S/C18H27N3O3/c1-12-8-9-21(15(10-12)16-6-4-13(2)24-16)18(23)19-14-5-7-17(22)20(3)11-14/h4,6,12,14-15H,5,7-11H2,1-3H3,(H,19,23)/t12-,14-,15-/m0/s1. The molecule has 1 aromatic heterocycles. The van der Waals surface area contributed by atoms with E-state index in [2.05, 4.69) is 12.2 Å². The van der Waals surface area contributed by atoms with E-state index in [-0.39, 0.29) is 24.0 Å². The maximum atomic E-state index is 12.8. The lowest BCUT2D eigenvalue weighted by atomic mass is 9.91. The Bertz CT molecular complexity index is 612. The van der Waals surface area contributed by atoms with E-state index < -0.39 is 0 Å². The van der Waals surface area contributed by atoms with Crippen LogP contribution in [0.25, 0.3) is 0 Å². The zero-order valence-electron chi connectivity index (χ0n) is 14.7. The fourth-order valence-electron chi connectivity index (χ4n) is 3.67. The van der Waals surface area contributed by atoms with Crippen molar-refractivity contribution in [2.24, 2.45) is 5.92 Å². The van der Waals surface area contributed by atoms with Crippen LogP contribution in [0.3, 0.4) is 0 Å². The summed E-state index contributed by atoms with van der Waals surface area (Å²) in [6, 6.07) is 3.90. The molecule has 0 unspecified atom stereocenters. The maximum absolute atomic E-state index is 12.8. The molecule has 1 N–H and O–H groups in total. The Morgan fingerprint density at radius 1 is 1.33 bits per heavy atom. The number of amides is 3. The smallest absolute Gasteiger partial charge is 0.318 e. The van der Waals surface area contributed by atoms with Crippen molar-refractivity contribution >= 4 is 11.9 Å². The molecular weight excluding hydrogens is 306 g/mol. The molecule has 3 rings (SSSR count). The molecule has 132 valence electrons. The van der Waals surface area contributed by atoms with Crippen molar-refractivity contribution in [3.63, 3.8) is 0 Å². The number of hydrogen-bond donors (Lipinski definition) is 1. The Balaban J connectivity index is 1.68. The predicted molar refractivity (Wildman–Crippen MR) is 90.5 cm³/mol. The van der Waals surface area contributed by atoms with E-state index in [0.29, 0.717) is 25.3 Å². The van der Waals surface area contributed by atoms with Crippen LogP contribution in [0.1, 0.15) is 50.2 Å². The molecule has 3 heterocycles. The highest BCUT2D eigenvalue weighted by atomic mass is 16.3. The molecule has 0 aliphatic carbocycles. The molecule has 1 aromatic rings. The normalized spacial score (nSPS) is 28.1. The fraction of sp³-hybridized carbons (Fsp3) is 0.667. The van der Waals surface area contributed by atoms with Gasteiger partial charge in [-0.15, -0.1) is 0 Å². The Kier molecular flexibility index (Phi) is 4.83. The lowest BCUT2D eigenvalue weighted by Crippen LogP contribution is -2.53. The number of nitrogens with zero attached hydrogens (tertiary/aromatic N) is 2. The largest absolute Gasteiger partial charge is 0.464 e. The predicted octanol–water partition coefficient (Wildman–Crippen LogP) is 2.69. The van der Waals surface area contributed by atoms with Crippen LogP contribution in [0.2, 0.25) is 0 Å². The first-order chi connectivity index (χ1) is 11.4. The summed E-state index contributed by atoms with van der Waals surface area (Å²) in [5, 5.41) is 3.11. The first kappa shape index (κ1) is 16.9. The second-order valence-electron chi connectivity index (χ2n) is 7.25. The van der Waals surface area contributed by atoms with Crippen LogP contribution >= 0.6 is 0 Å². The zero-order valence-corrected chi connectivity index (χ0v) is 14.7. The Labute approximate surface area is 143 Å². The van der Waals surface area contributed by atoms with Gasteiger partial charge in [-0.1, -0.05) is 6.92 Å². The highest BCUT2D eigenvalue weighted by molar-refractivity contribution is 5.78. The van der Waals surface area contributed by atoms with Gasteiger partial charge in [-0.3, -0.25) is 4.79 Å². The van der Waals surface area contributed by atoms with Gasteiger partial charge in [0.05, 0.1) is 6.04 Å². The van der Waals surface area contributed by atoms with Gasteiger partial charge in [-0.05, 0) is 44.2 Å². The summed E-state index contributed by atoms with van der Waals surface area (Å²) in [5.41, 5.74) is 0. The van der Waals surface area contributed by atoms with E-state index >= 15 is 0 Å². The minimum absolute atomic E-state index is 0.00889. The van der Waals surface area contributed by atoms with Crippen LogP contribution in [0.15, 0.2) is 16.5 Å². The monoisotopic (exact) mass is 333 g/mol. The highest BCUT2D eigenvalue weighted by Crippen LogP contribution is 2.35. The van der Waals surface area contributed by atoms with Gasteiger partial charge in [0.2, 0.25) is 5.91 Å². The van der Waals surface area contributed by atoms with Gasteiger partial charge in [0, 0.05) is 32.6 Å². The molecule has 0 spiro atoms.